The standard InChI is InChI=1S/C27H21N3O4S/c28-25(32)20-12-13-35-26(20)30-22(31)15-34-27(33)23-18-8-4-5-9-21(18)29-24-17(10-11-19(23)24)14-16-6-2-1-3-7-16/h1-9,12-14H,10-11,15H2,(H2,28,32)(H,30,31)/b17-14+. The molecule has 0 atom stereocenters. The predicted octanol–water partition coefficient (Wildman–Crippen LogP) is 4.68. The summed E-state index contributed by atoms with van der Waals surface area (Å²) in [6.45, 7) is -0.493. The Labute approximate surface area is 205 Å². The quantitative estimate of drug-likeness (QED) is 0.387. The first-order chi connectivity index (χ1) is 17.0. The lowest BCUT2D eigenvalue weighted by molar-refractivity contribution is -0.119. The van der Waals surface area contributed by atoms with Crippen LogP contribution in [0.4, 0.5) is 5.00 Å². The fourth-order valence-corrected chi connectivity index (χ4v) is 5.04. The van der Waals surface area contributed by atoms with E-state index >= 15 is 0 Å². The number of ether oxygens (including phenoxy) is 1. The molecule has 174 valence electrons. The number of rotatable bonds is 6. The van der Waals surface area contributed by atoms with E-state index in [4.69, 9.17) is 15.5 Å². The molecule has 0 saturated carbocycles. The molecule has 2 heterocycles. The van der Waals surface area contributed by atoms with Crippen LogP contribution < -0.4 is 11.1 Å². The molecule has 1 aliphatic carbocycles. The van der Waals surface area contributed by atoms with Gasteiger partial charge < -0.3 is 15.8 Å². The van der Waals surface area contributed by atoms with Gasteiger partial charge in [-0.15, -0.1) is 11.3 Å². The largest absolute Gasteiger partial charge is 0.452 e. The van der Waals surface area contributed by atoms with E-state index in [2.05, 4.69) is 11.4 Å². The number of thiophene rings is 1. The van der Waals surface area contributed by atoms with E-state index in [1.807, 2.05) is 54.6 Å². The van der Waals surface area contributed by atoms with Crippen LogP contribution in [0.3, 0.4) is 0 Å². The number of hydrogen-bond acceptors (Lipinski definition) is 6. The van der Waals surface area contributed by atoms with Crippen molar-refractivity contribution >= 4 is 56.7 Å². The first kappa shape index (κ1) is 22.5. The number of carbonyl (C=O) groups is 3. The summed E-state index contributed by atoms with van der Waals surface area (Å²) in [6, 6.07) is 18.9. The molecule has 5 rings (SSSR count). The summed E-state index contributed by atoms with van der Waals surface area (Å²) in [7, 11) is 0. The Bertz CT molecular complexity index is 1490. The summed E-state index contributed by atoms with van der Waals surface area (Å²) < 4.78 is 5.42. The smallest absolute Gasteiger partial charge is 0.339 e. The van der Waals surface area contributed by atoms with Gasteiger partial charge in [-0.05, 0) is 53.1 Å². The summed E-state index contributed by atoms with van der Waals surface area (Å²) in [6.07, 6.45) is 3.50. The van der Waals surface area contributed by atoms with Crippen molar-refractivity contribution in [3.05, 3.63) is 94.0 Å². The van der Waals surface area contributed by atoms with Gasteiger partial charge in [0.25, 0.3) is 11.8 Å². The van der Waals surface area contributed by atoms with Crippen LogP contribution in [-0.2, 0) is 16.0 Å². The fourth-order valence-electron chi connectivity index (χ4n) is 4.23. The highest BCUT2D eigenvalue weighted by molar-refractivity contribution is 7.14. The van der Waals surface area contributed by atoms with Gasteiger partial charge in [-0.3, -0.25) is 9.59 Å². The number of hydrogen-bond donors (Lipinski definition) is 2. The Morgan fingerprint density at radius 1 is 1.03 bits per heavy atom. The monoisotopic (exact) mass is 483 g/mol. The molecule has 4 aromatic rings. The van der Waals surface area contributed by atoms with Crippen molar-refractivity contribution in [1.82, 2.24) is 4.98 Å². The van der Waals surface area contributed by atoms with Gasteiger partial charge in [0.1, 0.15) is 5.00 Å². The fraction of sp³-hybridized carbons (Fsp3) is 0.111. The van der Waals surface area contributed by atoms with Crippen molar-refractivity contribution in [1.29, 1.82) is 0 Å². The van der Waals surface area contributed by atoms with Gasteiger partial charge in [0.2, 0.25) is 0 Å². The molecule has 0 radical (unpaired) electrons. The number of para-hydroxylation sites is 1. The van der Waals surface area contributed by atoms with Gasteiger partial charge in [-0.2, -0.15) is 0 Å². The van der Waals surface area contributed by atoms with Crippen molar-refractivity contribution < 1.29 is 19.1 Å². The van der Waals surface area contributed by atoms with Crippen LogP contribution in [0.1, 0.15) is 44.0 Å². The van der Waals surface area contributed by atoms with Gasteiger partial charge >= 0.3 is 5.97 Å². The number of esters is 1. The second-order valence-corrected chi connectivity index (χ2v) is 8.98. The lowest BCUT2D eigenvalue weighted by Crippen LogP contribution is -2.23. The number of nitrogens with two attached hydrogens (primary N) is 1. The zero-order valence-corrected chi connectivity index (χ0v) is 19.4. The minimum atomic E-state index is -0.642. The molecule has 2 amide bonds. The Morgan fingerprint density at radius 3 is 2.60 bits per heavy atom. The zero-order valence-electron chi connectivity index (χ0n) is 18.6. The number of carbonyl (C=O) groups excluding carboxylic acids is 3. The Balaban J connectivity index is 1.42. The molecule has 0 unspecified atom stereocenters. The van der Waals surface area contributed by atoms with E-state index in [1.54, 1.807) is 5.38 Å². The molecular formula is C27H21N3O4S. The molecule has 2 aromatic heterocycles. The van der Waals surface area contributed by atoms with Gasteiger partial charge in [0, 0.05) is 5.39 Å². The molecule has 8 heteroatoms. The molecule has 2 aromatic carbocycles. The lowest BCUT2D eigenvalue weighted by Gasteiger charge is -2.12. The van der Waals surface area contributed by atoms with Crippen LogP contribution in [0, 0.1) is 0 Å². The number of benzene rings is 2. The number of fused-ring (bicyclic) bond motifs is 2. The van der Waals surface area contributed by atoms with Crippen molar-refractivity contribution in [3.63, 3.8) is 0 Å². The minimum Gasteiger partial charge on any atom is -0.452 e. The highest BCUT2D eigenvalue weighted by Gasteiger charge is 2.28. The number of nitrogens with one attached hydrogen (secondary N) is 1. The Morgan fingerprint density at radius 2 is 1.80 bits per heavy atom. The van der Waals surface area contributed by atoms with E-state index in [0.717, 1.165) is 28.8 Å². The molecule has 0 fully saturated rings. The topological polar surface area (TPSA) is 111 Å². The van der Waals surface area contributed by atoms with Gasteiger partial charge in [-0.1, -0.05) is 48.5 Å². The van der Waals surface area contributed by atoms with E-state index in [1.165, 1.54) is 17.4 Å². The number of pyridine rings is 1. The van der Waals surface area contributed by atoms with E-state index in [9.17, 15) is 14.4 Å². The SMILES string of the molecule is NC(=O)c1ccsc1NC(=O)COC(=O)c1c2c(nc3ccccc13)/C(=C/c1ccccc1)CC2. The summed E-state index contributed by atoms with van der Waals surface area (Å²) in [4.78, 5) is 42.0. The normalized spacial score (nSPS) is 13.5. The first-order valence-corrected chi connectivity index (χ1v) is 11.9. The van der Waals surface area contributed by atoms with Crippen molar-refractivity contribution in [2.45, 2.75) is 12.8 Å². The molecule has 0 saturated heterocycles. The number of aromatic nitrogens is 1. The van der Waals surface area contributed by atoms with Crippen molar-refractivity contribution in [2.75, 3.05) is 11.9 Å². The van der Waals surface area contributed by atoms with Crippen LogP contribution in [0.25, 0.3) is 22.6 Å². The molecule has 0 aliphatic heterocycles. The third-order valence-corrected chi connectivity index (χ3v) is 6.63. The summed E-state index contributed by atoms with van der Waals surface area (Å²) in [5.41, 5.74) is 10.4. The van der Waals surface area contributed by atoms with Crippen molar-refractivity contribution in [3.8, 4) is 0 Å². The summed E-state index contributed by atoms with van der Waals surface area (Å²) >= 11 is 1.17. The van der Waals surface area contributed by atoms with Crippen LogP contribution in [-0.4, -0.2) is 29.4 Å². The average Bonchev–Trinajstić information content (AvgIpc) is 3.49. The van der Waals surface area contributed by atoms with Gasteiger partial charge in [-0.25, -0.2) is 9.78 Å². The first-order valence-electron chi connectivity index (χ1n) is 11.0. The van der Waals surface area contributed by atoms with E-state index < -0.39 is 24.4 Å². The number of anilines is 1. The highest BCUT2D eigenvalue weighted by atomic mass is 32.1. The Hall–Kier alpha value is -4.30. The Kier molecular flexibility index (Phi) is 6.12. The molecule has 7 nitrogen and oxygen atoms in total. The number of nitrogens with zero attached hydrogens (tertiary/aromatic N) is 1. The number of amides is 2. The van der Waals surface area contributed by atoms with Gasteiger partial charge in [0.05, 0.1) is 22.3 Å². The predicted molar refractivity (Wildman–Crippen MR) is 136 cm³/mol. The average molecular weight is 484 g/mol. The maximum absolute atomic E-state index is 13.2. The molecule has 3 N–H and O–H groups in total. The van der Waals surface area contributed by atoms with Crippen LogP contribution in [0.5, 0.6) is 0 Å². The maximum atomic E-state index is 13.2. The second kappa shape index (κ2) is 9.52. The zero-order chi connectivity index (χ0) is 24.4. The molecule has 0 spiro atoms. The third kappa shape index (κ3) is 4.56. The van der Waals surface area contributed by atoms with E-state index in [0.29, 0.717) is 27.9 Å². The summed E-state index contributed by atoms with van der Waals surface area (Å²) in [5, 5.41) is 5.24. The second-order valence-electron chi connectivity index (χ2n) is 8.06. The number of primary amides is 1. The molecule has 1 aliphatic rings. The number of allylic oxidation sites excluding steroid dienone is 1. The van der Waals surface area contributed by atoms with Crippen LogP contribution in [0.15, 0.2) is 66.0 Å². The lowest BCUT2D eigenvalue weighted by atomic mass is 10.0. The van der Waals surface area contributed by atoms with E-state index in [-0.39, 0.29) is 5.56 Å². The molecular weight excluding hydrogens is 462 g/mol. The minimum absolute atomic E-state index is 0.213. The maximum Gasteiger partial charge on any atom is 0.339 e. The molecule has 0 bridgehead atoms. The van der Waals surface area contributed by atoms with Gasteiger partial charge in [0.15, 0.2) is 6.61 Å². The summed E-state index contributed by atoms with van der Waals surface area (Å²) in [5.74, 6) is -1.78. The third-order valence-electron chi connectivity index (χ3n) is 5.80. The highest BCUT2D eigenvalue weighted by Crippen LogP contribution is 2.37. The molecule has 35 heavy (non-hydrogen) atoms. The van der Waals surface area contributed by atoms with Crippen LogP contribution in [0.2, 0.25) is 0 Å². The van der Waals surface area contributed by atoms with Crippen LogP contribution >= 0.6 is 11.3 Å². The van der Waals surface area contributed by atoms with Crippen molar-refractivity contribution in [2.24, 2.45) is 5.73 Å².